The number of halogens is 1. The molecule has 2 N–H and O–H groups in total. The lowest BCUT2D eigenvalue weighted by Gasteiger charge is -2.25. The molecule has 0 bridgehead atoms. The Balaban J connectivity index is 2.09. The molecule has 1 aliphatic heterocycles. The molecule has 1 amide bonds. The number of rotatable bonds is 8. The molecule has 32 heavy (non-hydrogen) atoms. The number of carbonyl (C=O) groups excluding carboxylic acids is 2. The van der Waals surface area contributed by atoms with Crippen LogP contribution in [0.5, 0.6) is 11.5 Å². The van der Waals surface area contributed by atoms with E-state index in [4.69, 9.17) is 21.1 Å². The minimum absolute atomic E-state index is 0.0179. The molecule has 0 saturated carbocycles. The summed E-state index contributed by atoms with van der Waals surface area (Å²) in [4.78, 5) is 27.3. The van der Waals surface area contributed by atoms with Gasteiger partial charge in [-0.05, 0) is 56.2 Å². The van der Waals surface area contributed by atoms with Gasteiger partial charge in [0, 0.05) is 18.7 Å². The molecule has 0 spiro atoms. The summed E-state index contributed by atoms with van der Waals surface area (Å²) in [7, 11) is 1.47. The van der Waals surface area contributed by atoms with Gasteiger partial charge in [-0.25, -0.2) is 0 Å². The molecule has 2 aromatic rings. The smallest absolute Gasteiger partial charge is 0.295 e. The van der Waals surface area contributed by atoms with Crippen molar-refractivity contribution in [1.29, 1.82) is 0 Å². The van der Waals surface area contributed by atoms with Crippen LogP contribution in [0.2, 0.25) is 5.02 Å². The van der Waals surface area contributed by atoms with E-state index in [0.29, 0.717) is 24.3 Å². The third kappa shape index (κ3) is 4.89. The highest BCUT2D eigenvalue weighted by Gasteiger charge is 2.46. The predicted molar refractivity (Wildman–Crippen MR) is 121 cm³/mol. The molecule has 1 fully saturated rings. The zero-order chi connectivity index (χ0) is 23.4. The van der Waals surface area contributed by atoms with Gasteiger partial charge in [0.25, 0.3) is 11.7 Å². The minimum atomic E-state index is -0.886. The fourth-order valence-electron chi connectivity index (χ4n) is 3.66. The van der Waals surface area contributed by atoms with Gasteiger partial charge < -0.3 is 24.6 Å². The normalized spacial score (nSPS) is 17.9. The predicted octanol–water partition coefficient (Wildman–Crippen LogP) is 4.29. The second-order valence-electron chi connectivity index (χ2n) is 7.71. The van der Waals surface area contributed by atoms with Crippen LogP contribution in [0, 0.1) is 0 Å². The molecule has 1 aliphatic rings. The molecule has 0 aliphatic carbocycles. The lowest BCUT2D eigenvalue weighted by atomic mass is 9.95. The first kappa shape index (κ1) is 23.6. The van der Waals surface area contributed by atoms with E-state index in [0.717, 1.165) is 0 Å². The highest BCUT2D eigenvalue weighted by molar-refractivity contribution is 6.47. The molecular weight excluding hydrogens is 434 g/mol. The number of ketones is 1. The van der Waals surface area contributed by atoms with Gasteiger partial charge >= 0.3 is 0 Å². The van der Waals surface area contributed by atoms with Gasteiger partial charge in [-0.2, -0.15) is 0 Å². The Morgan fingerprint density at radius 2 is 1.94 bits per heavy atom. The van der Waals surface area contributed by atoms with Gasteiger partial charge in [0.2, 0.25) is 0 Å². The molecule has 8 heteroatoms. The van der Waals surface area contributed by atoms with E-state index in [-0.39, 0.29) is 34.6 Å². The SMILES string of the molecule is COc1ccc(Cl)c(/C(O)=C2\C(=O)C(=O)N(CCCOC(C)C)C2c2cccc(O)c2)c1. The summed E-state index contributed by atoms with van der Waals surface area (Å²) in [5.74, 6) is -1.54. The van der Waals surface area contributed by atoms with Crippen molar-refractivity contribution in [2.24, 2.45) is 0 Å². The van der Waals surface area contributed by atoms with E-state index in [1.807, 2.05) is 13.8 Å². The van der Waals surface area contributed by atoms with Crippen LogP contribution < -0.4 is 4.74 Å². The largest absolute Gasteiger partial charge is 0.508 e. The average molecular weight is 460 g/mol. The highest BCUT2D eigenvalue weighted by atomic mass is 35.5. The number of nitrogens with zero attached hydrogens (tertiary/aromatic N) is 1. The van der Waals surface area contributed by atoms with Crippen molar-refractivity contribution >= 4 is 29.1 Å². The van der Waals surface area contributed by atoms with Crippen LogP contribution >= 0.6 is 11.6 Å². The molecule has 1 unspecified atom stereocenters. The topological polar surface area (TPSA) is 96.3 Å². The van der Waals surface area contributed by atoms with E-state index in [2.05, 4.69) is 0 Å². The first-order valence-electron chi connectivity index (χ1n) is 10.3. The summed E-state index contributed by atoms with van der Waals surface area (Å²) in [6.07, 6.45) is 0.544. The van der Waals surface area contributed by atoms with Crippen LogP contribution in [0.4, 0.5) is 0 Å². The lowest BCUT2D eigenvalue weighted by Crippen LogP contribution is -2.31. The van der Waals surface area contributed by atoms with E-state index >= 15 is 0 Å². The molecule has 7 nitrogen and oxygen atoms in total. The third-order valence-electron chi connectivity index (χ3n) is 5.15. The van der Waals surface area contributed by atoms with Crippen molar-refractivity contribution < 1.29 is 29.3 Å². The molecule has 2 aromatic carbocycles. The molecule has 3 rings (SSSR count). The van der Waals surface area contributed by atoms with Crippen molar-refractivity contribution in [2.45, 2.75) is 32.4 Å². The number of benzene rings is 2. The molecule has 0 aromatic heterocycles. The van der Waals surface area contributed by atoms with Crippen LogP contribution in [-0.4, -0.2) is 53.2 Å². The number of likely N-dealkylation sites (tertiary alicyclic amines) is 1. The van der Waals surface area contributed by atoms with Crippen LogP contribution in [0.15, 0.2) is 48.0 Å². The quantitative estimate of drug-likeness (QED) is 0.264. The number of phenolic OH excluding ortho intramolecular Hbond substituents is 1. The van der Waals surface area contributed by atoms with Gasteiger partial charge in [-0.3, -0.25) is 9.59 Å². The van der Waals surface area contributed by atoms with Crippen LogP contribution in [-0.2, 0) is 14.3 Å². The number of aliphatic hydroxyl groups excluding tert-OH is 1. The molecule has 1 heterocycles. The summed E-state index contributed by atoms with van der Waals surface area (Å²) < 4.78 is 10.8. The third-order valence-corrected chi connectivity index (χ3v) is 5.48. The molecule has 1 atom stereocenters. The Morgan fingerprint density at radius 1 is 1.19 bits per heavy atom. The Hall–Kier alpha value is -3.03. The standard InChI is InChI=1S/C24H26ClNO6/c1-14(2)32-11-5-10-26-21(15-6-4-7-16(27)12-15)20(23(29)24(26)30)22(28)18-13-17(31-3)8-9-19(18)25/h4,6-9,12-14,21,27-28H,5,10-11H2,1-3H3/b22-20+. The van der Waals surface area contributed by atoms with Gasteiger partial charge in [-0.1, -0.05) is 23.7 Å². The number of aromatic hydroxyl groups is 1. The molecule has 0 radical (unpaired) electrons. The van der Waals surface area contributed by atoms with Gasteiger partial charge in [0.1, 0.15) is 17.3 Å². The number of amides is 1. The van der Waals surface area contributed by atoms with Gasteiger partial charge in [0.15, 0.2) is 0 Å². The fraction of sp³-hybridized carbons (Fsp3) is 0.333. The zero-order valence-corrected chi connectivity index (χ0v) is 18.9. The number of methoxy groups -OCH3 is 1. The van der Waals surface area contributed by atoms with Crippen LogP contribution in [0.3, 0.4) is 0 Å². The number of carbonyl (C=O) groups is 2. The molecular formula is C24H26ClNO6. The molecule has 1 saturated heterocycles. The number of phenols is 1. The Morgan fingerprint density at radius 3 is 2.59 bits per heavy atom. The fourth-order valence-corrected chi connectivity index (χ4v) is 3.87. The van der Waals surface area contributed by atoms with Crippen LogP contribution in [0.25, 0.3) is 5.76 Å². The minimum Gasteiger partial charge on any atom is -0.508 e. The summed E-state index contributed by atoms with van der Waals surface area (Å²) >= 11 is 6.28. The number of aliphatic hydroxyl groups is 1. The highest BCUT2D eigenvalue weighted by Crippen LogP contribution is 2.41. The number of Topliss-reactive ketones (excluding diaryl/α,β-unsaturated/α-hetero) is 1. The van der Waals surface area contributed by atoms with E-state index in [9.17, 15) is 19.8 Å². The van der Waals surface area contributed by atoms with Crippen molar-refractivity contribution in [3.63, 3.8) is 0 Å². The lowest BCUT2D eigenvalue weighted by molar-refractivity contribution is -0.140. The maximum absolute atomic E-state index is 13.0. The summed E-state index contributed by atoms with van der Waals surface area (Å²) in [5.41, 5.74) is 0.576. The summed E-state index contributed by atoms with van der Waals surface area (Å²) in [6.45, 7) is 4.48. The second-order valence-corrected chi connectivity index (χ2v) is 8.11. The number of ether oxygens (including phenoxy) is 2. The number of hydrogen-bond donors (Lipinski definition) is 2. The maximum atomic E-state index is 13.0. The second kappa shape index (κ2) is 10.1. The van der Waals surface area contributed by atoms with Crippen molar-refractivity contribution in [3.8, 4) is 11.5 Å². The maximum Gasteiger partial charge on any atom is 0.295 e. The number of hydrogen-bond acceptors (Lipinski definition) is 6. The Kier molecular flexibility index (Phi) is 7.43. The summed E-state index contributed by atoms with van der Waals surface area (Å²) in [6, 6.07) is 10.0. The monoisotopic (exact) mass is 459 g/mol. The first-order valence-corrected chi connectivity index (χ1v) is 10.6. The van der Waals surface area contributed by atoms with Crippen molar-refractivity contribution in [1.82, 2.24) is 4.90 Å². The van der Waals surface area contributed by atoms with Gasteiger partial charge in [0.05, 0.1) is 29.9 Å². The van der Waals surface area contributed by atoms with E-state index in [1.165, 1.54) is 36.3 Å². The Labute approximate surface area is 191 Å². The van der Waals surface area contributed by atoms with E-state index < -0.39 is 23.5 Å². The average Bonchev–Trinajstić information content (AvgIpc) is 3.01. The Bertz CT molecular complexity index is 1050. The summed E-state index contributed by atoms with van der Waals surface area (Å²) in [5, 5.41) is 21.3. The zero-order valence-electron chi connectivity index (χ0n) is 18.2. The van der Waals surface area contributed by atoms with E-state index in [1.54, 1.807) is 18.2 Å². The first-order chi connectivity index (χ1) is 15.2. The van der Waals surface area contributed by atoms with Crippen LogP contribution in [0.1, 0.15) is 37.4 Å². The van der Waals surface area contributed by atoms with Crippen molar-refractivity contribution in [3.05, 3.63) is 64.2 Å². The van der Waals surface area contributed by atoms with Crippen molar-refractivity contribution in [2.75, 3.05) is 20.3 Å². The molecule has 170 valence electrons. The van der Waals surface area contributed by atoms with Gasteiger partial charge in [-0.15, -0.1) is 0 Å².